The van der Waals surface area contributed by atoms with Gasteiger partial charge in [0.2, 0.25) is 5.89 Å². The summed E-state index contributed by atoms with van der Waals surface area (Å²) in [7, 11) is 0. The van der Waals surface area contributed by atoms with Crippen molar-refractivity contribution < 1.29 is 4.52 Å². The van der Waals surface area contributed by atoms with Gasteiger partial charge < -0.3 is 9.84 Å². The largest absolute Gasteiger partial charge is 0.339 e. The molecule has 0 saturated carbocycles. The van der Waals surface area contributed by atoms with E-state index in [9.17, 15) is 0 Å². The van der Waals surface area contributed by atoms with Crippen LogP contribution in [0.3, 0.4) is 0 Å². The maximum atomic E-state index is 5.40. The monoisotopic (exact) mass is 293 g/mol. The number of benzene rings is 1. The molecule has 1 aromatic heterocycles. The Hall–Kier alpha value is -1.39. The molecule has 0 radical (unpaired) electrons. The van der Waals surface area contributed by atoms with Crippen molar-refractivity contribution in [2.24, 2.45) is 0 Å². The molecule has 1 aliphatic rings. The topological polar surface area (TPSA) is 51.0 Å². The van der Waals surface area contributed by atoms with E-state index >= 15 is 0 Å². The van der Waals surface area contributed by atoms with Crippen LogP contribution in [0.2, 0.25) is 0 Å². The van der Waals surface area contributed by atoms with Gasteiger partial charge in [-0.3, -0.25) is 0 Å². The standard InChI is InChI=1S/C15H19N3O.ClH/c1-2-4-12(5-3-1)6-7-14-17-15(19-18-14)13-8-10-16-11-9-13;/h1-5,13,16H,6-11H2;1H. The summed E-state index contributed by atoms with van der Waals surface area (Å²) in [5.41, 5.74) is 1.32. The van der Waals surface area contributed by atoms with Crippen molar-refractivity contribution in [2.45, 2.75) is 31.6 Å². The van der Waals surface area contributed by atoms with E-state index in [0.717, 1.165) is 50.5 Å². The molecule has 108 valence electrons. The fourth-order valence-corrected chi connectivity index (χ4v) is 2.50. The van der Waals surface area contributed by atoms with Gasteiger partial charge in [-0.1, -0.05) is 35.5 Å². The maximum Gasteiger partial charge on any atom is 0.229 e. The Morgan fingerprint density at radius 1 is 1.10 bits per heavy atom. The van der Waals surface area contributed by atoms with E-state index in [2.05, 4.69) is 39.7 Å². The molecule has 0 spiro atoms. The highest BCUT2D eigenvalue weighted by molar-refractivity contribution is 5.85. The summed E-state index contributed by atoms with van der Waals surface area (Å²) < 4.78 is 5.40. The lowest BCUT2D eigenvalue weighted by Crippen LogP contribution is -2.26. The van der Waals surface area contributed by atoms with E-state index in [4.69, 9.17) is 4.52 Å². The number of piperidine rings is 1. The van der Waals surface area contributed by atoms with Crippen LogP contribution in [0.25, 0.3) is 0 Å². The number of halogens is 1. The predicted octanol–water partition coefficient (Wildman–Crippen LogP) is 2.74. The van der Waals surface area contributed by atoms with Crippen LogP contribution in [-0.2, 0) is 12.8 Å². The Morgan fingerprint density at radius 2 is 1.85 bits per heavy atom. The molecule has 0 unspecified atom stereocenters. The molecule has 0 amide bonds. The van der Waals surface area contributed by atoms with E-state index in [1.165, 1.54) is 5.56 Å². The van der Waals surface area contributed by atoms with E-state index in [1.807, 2.05) is 6.07 Å². The smallest absolute Gasteiger partial charge is 0.229 e. The fourth-order valence-electron chi connectivity index (χ4n) is 2.50. The quantitative estimate of drug-likeness (QED) is 0.942. The van der Waals surface area contributed by atoms with Crippen molar-refractivity contribution in [2.75, 3.05) is 13.1 Å². The second kappa shape index (κ2) is 7.41. The molecule has 2 aromatic rings. The van der Waals surface area contributed by atoms with Crippen molar-refractivity contribution in [3.63, 3.8) is 0 Å². The lowest BCUT2D eigenvalue weighted by molar-refractivity contribution is 0.318. The molecule has 1 aliphatic heterocycles. The second-order valence-corrected chi connectivity index (χ2v) is 5.06. The summed E-state index contributed by atoms with van der Waals surface area (Å²) in [6, 6.07) is 10.4. The zero-order chi connectivity index (χ0) is 12.9. The summed E-state index contributed by atoms with van der Waals surface area (Å²) in [6.45, 7) is 2.10. The van der Waals surface area contributed by atoms with Gasteiger partial charge in [-0.2, -0.15) is 4.98 Å². The van der Waals surface area contributed by atoms with Gasteiger partial charge in [-0.05, 0) is 37.9 Å². The highest BCUT2D eigenvalue weighted by atomic mass is 35.5. The average Bonchev–Trinajstić information content (AvgIpc) is 2.96. The first-order valence-corrected chi connectivity index (χ1v) is 6.99. The molecule has 1 fully saturated rings. The zero-order valence-corrected chi connectivity index (χ0v) is 12.2. The molecule has 5 heteroatoms. The molecule has 3 rings (SSSR count). The Balaban J connectivity index is 0.00000147. The lowest BCUT2D eigenvalue weighted by atomic mass is 9.98. The zero-order valence-electron chi connectivity index (χ0n) is 11.4. The number of aryl methyl sites for hydroxylation is 2. The van der Waals surface area contributed by atoms with Gasteiger partial charge in [0.15, 0.2) is 5.82 Å². The Morgan fingerprint density at radius 3 is 2.60 bits per heavy atom. The number of hydrogen-bond donors (Lipinski definition) is 1. The van der Waals surface area contributed by atoms with E-state index in [-0.39, 0.29) is 12.4 Å². The Kier molecular flexibility index (Phi) is 5.56. The normalized spacial score (nSPS) is 15.8. The molecular formula is C15H20ClN3O. The van der Waals surface area contributed by atoms with Crippen LogP contribution in [0.4, 0.5) is 0 Å². The fraction of sp³-hybridized carbons (Fsp3) is 0.467. The van der Waals surface area contributed by atoms with E-state index in [1.54, 1.807) is 0 Å². The minimum Gasteiger partial charge on any atom is -0.339 e. The third-order valence-corrected chi connectivity index (χ3v) is 3.65. The molecule has 2 heterocycles. The lowest BCUT2D eigenvalue weighted by Gasteiger charge is -2.18. The van der Waals surface area contributed by atoms with E-state index < -0.39 is 0 Å². The van der Waals surface area contributed by atoms with Gasteiger partial charge in [-0.15, -0.1) is 12.4 Å². The van der Waals surface area contributed by atoms with Crippen molar-refractivity contribution >= 4 is 12.4 Å². The van der Waals surface area contributed by atoms with Crippen molar-refractivity contribution in [1.82, 2.24) is 15.5 Å². The van der Waals surface area contributed by atoms with Crippen LogP contribution >= 0.6 is 12.4 Å². The molecule has 0 atom stereocenters. The van der Waals surface area contributed by atoms with Gasteiger partial charge in [0.05, 0.1) is 0 Å². The van der Waals surface area contributed by atoms with Gasteiger partial charge in [0.25, 0.3) is 0 Å². The third-order valence-electron chi connectivity index (χ3n) is 3.65. The summed E-state index contributed by atoms with van der Waals surface area (Å²) >= 11 is 0. The number of aromatic nitrogens is 2. The van der Waals surface area contributed by atoms with Gasteiger partial charge in [0.1, 0.15) is 0 Å². The predicted molar refractivity (Wildman–Crippen MR) is 80.2 cm³/mol. The molecule has 1 N–H and O–H groups in total. The summed E-state index contributed by atoms with van der Waals surface area (Å²) in [5, 5.41) is 7.45. The first-order valence-electron chi connectivity index (χ1n) is 6.99. The summed E-state index contributed by atoms with van der Waals surface area (Å²) in [6.07, 6.45) is 4.01. The second-order valence-electron chi connectivity index (χ2n) is 5.06. The molecule has 20 heavy (non-hydrogen) atoms. The maximum absolute atomic E-state index is 5.40. The third kappa shape index (κ3) is 3.81. The first-order chi connectivity index (χ1) is 9.42. The van der Waals surface area contributed by atoms with E-state index in [0.29, 0.717) is 5.92 Å². The molecule has 1 saturated heterocycles. The summed E-state index contributed by atoms with van der Waals surface area (Å²) in [4.78, 5) is 4.54. The van der Waals surface area contributed by atoms with Gasteiger partial charge in [-0.25, -0.2) is 0 Å². The van der Waals surface area contributed by atoms with Gasteiger partial charge >= 0.3 is 0 Å². The average molecular weight is 294 g/mol. The minimum absolute atomic E-state index is 0. The summed E-state index contributed by atoms with van der Waals surface area (Å²) in [5.74, 6) is 2.10. The van der Waals surface area contributed by atoms with Crippen LogP contribution in [0.1, 0.15) is 36.0 Å². The number of rotatable bonds is 4. The number of hydrogen-bond acceptors (Lipinski definition) is 4. The van der Waals surface area contributed by atoms with Crippen molar-refractivity contribution in [1.29, 1.82) is 0 Å². The molecular weight excluding hydrogens is 274 g/mol. The van der Waals surface area contributed by atoms with Gasteiger partial charge in [0, 0.05) is 12.3 Å². The molecule has 1 aromatic carbocycles. The number of nitrogens with zero attached hydrogens (tertiary/aromatic N) is 2. The van der Waals surface area contributed by atoms with Crippen molar-refractivity contribution in [3.8, 4) is 0 Å². The first kappa shape index (κ1) is 15.0. The molecule has 4 nitrogen and oxygen atoms in total. The minimum atomic E-state index is 0. The van der Waals surface area contributed by atoms with Crippen LogP contribution in [0.15, 0.2) is 34.9 Å². The van der Waals surface area contributed by atoms with Crippen LogP contribution in [0, 0.1) is 0 Å². The molecule has 0 bridgehead atoms. The number of nitrogens with one attached hydrogen (secondary N) is 1. The van der Waals surface area contributed by atoms with Crippen LogP contribution in [-0.4, -0.2) is 23.2 Å². The molecule has 0 aliphatic carbocycles. The highest BCUT2D eigenvalue weighted by Crippen LogP contribution is 2.23. The van der Waals surface area contributed by atoms with Crippen LogP contribution in [0.5, 0.6) is 0 Å². The Labute approximate surface area is 125 Å². The highest BCUT2D eigenvalue weighted by Gasteiger charge is 2.21. The van der Waals surface area contributed by atoms with Crippen LogP contribution < -0.4 is 5.32 Å². The van der Waals surface area contributed by atoms with Crippen molar-refractivity contribution in [3.05, 3.63) is 47.6 Å². The SMILES string of the molecule is Cl.c1ccc(CCc2noc(C3CCNCC3)n2)cc1. The Bertz CT molecular complexity index is 509.